The first-order valence-corrected chi connectivity index (χ1v) is 12.1. The number of benzene rings is 1. The van der Waals surface area contributed by atoms with Gasteiger partial charge < -0.3 is 0 Å². The molecule has 30 heavy (non-hydrogen) atoms. The molecule has 2 aliphatic heterocycles. The number of anilines is 2. The van der Waals surface area contributed by atoms with Crippen LogP contribution in [0.25, 0.3) is 6.08 Å². The second kappa shape index (κ2) is 8.03. The van der Waals surface area contributed by atoms with E-state index in [0.717, 1.165) is 23.8 Å². The van der Waals surface area contributed by atoms with Crippen LogP contribution < -0.4 is 23.0 Å². The van der Waals surface area contributed by atoms with Crippen molar-refractivity contribution in [3.05, 3.63) is 38.6 Å². The Hall–Kier alpha value is -2.40. The molecule has 2 aliphatic rings. The second-order valence-corrected chi connectivity index (χ2v) is 10.6. The molecule has 1 aromatic heterocycles. The van der Waals surface area contributed by atoms with Gasteiger partial charge >= 0.3 is 182 Å². The van der Waals surface area contributed by atoms with Gasteiger partial charge in [0.25, 0.3) is 0 Å². The zero-order chi connectivity index (χ0) is 21.6. The van der Waals surface area contributed by atoms with E-state index in [4.69, 9.17) is 9.47 Å². The van der Waals surface area contributed by atoms with Crippen LogP contribution in [0.5, 0.6) is 11.5 Å². The first-order chi connectivity index (χ1) is 14.4. The summed E-state index contributed by atoms with van der Waals surface area (Å²) in [6.45, 7) is 2.02. The summed E-state index contributed by atoms with van der Waals surface area (Å²) in [6, 6.07) is 0.554. The van der Waals surface area contributed by atoms with Gasteiger partial charge in [0.15, 0.2) is 0 Å². The van der Waals surface area contributed by atoms with Crippen molar-refractivity contribution in [3.8, 4) is 11.5 Å². The molecular weight excluding hydrogens is 503 g/mol. The number of methoxy groups -OCH3 is 2. The van der Waals surface area contributed by atoms with Crippen molar-refractivity contribution < 1.29 is 28.2 Å². The summed E-state index contributed by atoms with van der Waals surface area (Å²) < 4.78 is 42.0. The van der Waals surface area contributed by atoms with E-state index in [2.05, 4.69) is 4.98 Å². The number of aromatic nitrogens is 1. The molecule has 1 N–H and O–H groups in total. The van der Waals surface area contributed by atoms with Crippen molar-refractivity contribution >= 4 is 48.3 Å². The number of hydrogen-bond donors (Lipinski definition) is 1. The number of rotatable bonds is 5. The molecular formula is C20H19F2N3O4Sn. The van der Waals surface area contributed by atoms with E-state index >= 15 is 8.78 Å². The van der Waals surface area contributed by atoms with Gasteiger partial charge in [-0.2, -0.15) is 0 Å². The van der Waals surface area contributed by atoms with Crippen molar-refractivity contribution in [2.24, 2.45) is 0 Å². The number of halogens is 2. The third-order valence-electron chi connectivity index (χ3n) is 5.13. The van der Waals surface area contributed by atoms with Crippen LogP contribution in [0.3, 0.4) is 0 Å². The molecule has 2 aromatic rings. The molecule has 0 bridgehead atoms. The van der Waals surface area contributed by atoms with Crippen molar-refractivity contribution in [2.75, 3.05) is 37.2 Å². The van der Waals surface area contributed by atoms with Crippen LogP contribution in [0.2, 0.25) is 0 Å². The summed E-state index contributed by atoms with van der Waals surface area (Å²) in [7, 11) is 2.52. The van der Waals surface area contributed by atoms with E-state index in [-0.39, 0.29) is 24.7 Å². The number of carbonyl (C=O) groups is 1. The number of pyridine rings is 1. The average Bonchev–Trinajstić information content (AvgIpc) is 3.18. The van der Waals surface area contributed by atoms with E-state index in [1.165, 1.54) is 19.1 Å². The van der Waals surface area contributed by atoms with Gasteiger partial charge in [0.05, 0.1) is 0 Å². The number of fused-ring (bicyclic) bond motifs is 3. The molecule has 0 saturated carbocycles. The molecule has 0 atom stereocenters. The van der Waals surface area contributed by atoms with Crippen molar-refractivity contribution in [1.82, 2.24) is 4.98 Å². The Morgan fingerprint density at radius 2 is 1.87 bits per heavy atom. The van der Waals surface area contributed by atoms with Crippen molar-refractivity contribution in [3.63, 3.8) is 0 Å². The third-order valence-corrected chi connectivity index (χ3v) is 8.72. The van der Waals surface area contributed by atoms with Crippen molar-refractivity contribution in [1.29, 1.82) is 0 Å². The molecule has 10 heteroatoms. The van der Waals surface area contributed by atoms with Crippen LogP contribution >= 0.6 is 0 Å². The summed E-state index contributed by atoms with van der Waals surface area (Å²) in [4.78, 5) is 20.4. The van der Waals surface area contributed by atoms with E-state index in [1.807, 2.05) is 6.08 Å². The van der Waals surface area contributed by atoms with Crippen LogP contribution in [-0.4, -0.2) is 64.6 Å². The van der Waals surface area contributed by atoms with Gasteiger partial charge in [-0.3, -0.25) is 0 Å². The molecule has 3 heterocycles. The summed E-state index contributed by atoms with van der Waals surface area (Å²) in [5.74, 6) is -2.40. The van der Waals surface area contributed by atoms with Gasteiger partial charge in [-0.1, -0.05) is 0 Å². The molecule has 0 fully saturated rings. The number of hydrogen-bond acceptors (Lipinski definition) is 5. The molecule has 1 aromatic carbocycles. The first-order valence-electron chi connectivity index (χ1n) is 9.24. The summed E-state index contributed by atoms with van der Waals surface area (Å²) in [6.07, 6.45) is 3.55. The topological polar surface area (TPSA) is 75.1 Å². The van der Waals surface area contributed by atoms with E-state index in [0.29, 0.717) is 17.8 Å². The van der Waals surface area contributed by atoms with Gasteiger partial charge in [-0.15, -0.1) is 0 Å². The van der Waals surface area contributed by atoms with Gasteiger partial charge in [0, 0.05) is 0 Å². The molecule has 7 nitrogen and oxygen atoms in total. The number of amides is 2. The minimum absolute atomic E-state index is 0.0243. The Labute approximate surface area is 182 Å². The number of ether oxygens (including phenoxy) is 2. The van der Waals surface area contributed by atoms with Crippen LogP contribution in [0, 0.1) is 11.6 Å². The number of aliphatic hydroxyl groups is 1. The molecule has 4 rings (SSSR count). The van der Waals surface area contributed by atoms with E-state index in [9.17, 15) is 9.90 Å². The predicted molar refractivity (Wildman–Crippen MR) is 109 cm³/mol. The Bertz CT molecular complexity index is 1050. The maximum atomic E-state index is 15.1. The normalized spacial score (nSPS) is 15.1. The third kappa shape index (κ3) is 3.11. The fourth-order valence-electron chi connectivity index (χ4n) is 3.73. The fraction of sp³-hybridized carbons (Fsp3) is 0.300. The zero-order valence-corrected chi connectivity index (χ0v) is 19.5. The van der Waals surface area contributed by atoms with Crippen molar-refractivity contribution in [2.45, 2.75) is 13.5 Å². The van der Waals surface area contributed by atoms with Gasteiger partial charge in [0.2, 0.25) is 0 Å². The predicted octanol–water partition coefficient (Wildman–Crippen LogP) is 2.02. The Morgan fingerprint density at radius 3 is 2.43 bits per heavy atom. The average molecular weight is 522 g/mol. The Morgan fingerprint density at radius 1 is 1.20 bits per heavy atom. The van der Waals surface area contributed by atoms with E-state index < -0.39 is 44.5 Å². The summed E-state index contributed by atoms with van der Waals surface area (Å²) >= 11 is -1.18. The molecule has 156 valence electrons. The molecule has 0 spiro atoms. The second-order valence-electron chi connectivity index (χ2n) is 6.72. The molecule has 2 amide bonds. The van der Waals surface area contributed by atoms with Gasteiger partial charge in [-0.05, 0) is 0 Å². The summed E-state index contributed by atoms with van der Waals surface area (Å²) in [5, 5.41) is 9.52. The molecule has 2 radical (unpaired) electrons. The number of aliphatic hydroxyl groups excluding tert-OH is 1. The quantitative estimate of drug-likeness (QED) is 0.609. The minimum atomic E-state index is -1.18. The monoisotopic (exact) mass is 523 g/mol. The number of urea groups is 1. The fourth-order valence-corrected chi connectivity index (χ4v) is 6.74. The number of nitrogens with zero attached hydrogens (tertiary/aromatic N) is 3. The standard InChI is InChI=1S/C20H19F2N3O4.Sn/c1-4-24-18-12(6-5-7-26)9-23-10-13(18)11-25(20(24)27)19-16(21)14(28-2)8-15(29-3)17(19)22;/h6,8,10,26H,4,7,11H2,1-3H3;. The van der Waals surface area contributed by atoms with Crippen LogP contribution in [-0.2, 0) is 6.54 Å². The zero-order valence-electron chi connectivity index (χ0n) is 16.6. The van der Waals surface area contributed by atoms with E-state index in [1.54, 1.807) is 13.1 Å². The first kappa shape index (κ1) is 20.9. The molecule has 0 aliphatic carbocycles. The Balaban J connectivity index is 1.88. The van der Waals surface area contributed by atoms with Gasteiger partial charge in [0.1, 0.15) is 0 Å². The van der Waals surface area contributed by atoms with Crippen LogP contribution in [0.4, 0.5) is 25.0 Å². The maximum absolute atomic E-state index is 15.1. The molecule has 0 unspecified atom stereocenters. The van der Waals surface area contributed by atoms with Crippen LogP contribution in [0.15, 0.2) is 15.9 Å². The van der Waals surface area contributed by atoms with Gasteiger partial charge in [-0.25, -0.2) is 0 Å². The molecule has 0 saturated heterocycles. The van der Waals surface area contributed by atoms with Crippen LogP contribution in [0.1, 0.15) is 18.1 Å². The Kier molecular flexibility index (Phi) is 5.58. The SMILES string of the molecule is CCN1C(=O)N(c2c(F)c(OC)cc(OC)c2F)Cc2cn[c]3c(c21)C=[C](CO)[Sn]3. The summed E-state index contributed by atoms with van der Waals surface area (Å²) in [5.41, 5.74) is 1.68. The number of carbonyl (C=O) groups excluding carboxylic acids is 1.